The summed E-state index contributed by atoms with van der Waals surface area (Å²) in [7, 11) is 0. The van der Waals surface area contributed by atoms with Crippen molar-refractivity contribution in [1.82, 2.24) is 10.6 Å². The predicted molar refractivity (Wildman–Crippen MR) is 150 cm³/mol. The van der Waals surface area contributed by atoms with E-state index in [0.717, 1.165) is 16.7 Å². The lowest BCUT2D eigenvalue weighted by Gasteiger charge is -2.23. The third-order valence-corrected chi connectivity index (χ3v) is 7.06. The van der Waals surface area contributed by atoms with Crippen molar-refractivity contribution in [2.24, 2.45) is 17.4 Å². The van der Waals surface area contributed by atoms with Crippen molar-refractivity contribution < 1.29 is 23.9 Å². The average Bonchev–Trinajstić information content (AvgIpc) is 3.64. The van der Waals surface area contributed by atoms with Crippen molar-refractivity contribution >= 4 is 23.6 Å². The number of hydrogen-bond acceptors (Lipinski definition) is 5. The van der Waals surface area contributed by atoms with E-state index in [0.29, 0.717) is 25.2 Å². The van der Waals surface area contributed by atoms with Crippen LogP contribution in [0.25, 0.3) is 0 Å². The van der Waals surface area contributed by atoms with E-state index < -0.39 is 35.2 Å². The third kappa shape index (κ3) is 7.69. The van der Waals surface area contributed by atoms with Crippen LogP contribution >= 0.6 is 0 Å². The van der Waals surface area contributed by atoms with E-state index in [9.17, 15) is 19.2 Å². The summed E-state index contributed by atoms with van der Waals surface area (Å²) in [5.74, 6) is -1.73. The zero-order chi connectivity index (χ0) is 28.5. The molecule has 208 valence electrons. The number of rotatable bonds is 14. The van der Waals surface area contributed by atoms with Crippen molar-refractivity contribution in [3.05, 3.63) is 102 Å². The summed E-state index contributed by atoms with van der Waals surface area (Å²) in [6.45, 7) is 0.428. The number of carbonyl (C=O) groups excluding carboxylic acids is 4. The first kappa shape index (κ1) is 28.4. The molecule has 0 saturated heterocycles. The van der Waals surface area contributed by atoms with Gasteiger partial charge in [-0.15, -0.1) is 0 Å². The summed E-state index contributed by atoms with van der Waals surface area (Å²) in [5, 5.41) is 5.57. The van der Waals surface area contributed by atoms with Gasteiger partial charge >= 0.3 is 0 Å². The molecule has 0 heterocycles. The van der Waals surface area contributed by atoms with Crippen LogP contribution in [0, 0.1) is 5.92 Å². The lowest BCUT2D eigenvalue weighted by molar-refractivity contribution is -0.133. The first-order valence-electron chi connectivity index (χ1n) is 13.2. The fourth-order valence-electron chi connectivity index (χ4n) is 4.72. The first-order chi connectivity index (χ1) is 19.2. The zero-order valence-electron chi connectivity index (χ0n) is 22.2. The van der Waals surface area contributed by atoms with Crippen LogP contribution in [-0.4, -0.2) is 35.2 Å². The number of nitrogens with one attached hydrogen (secondary N) is 2. The Balaban J connectivity index is 1.41. The molecule has 40 heavy (non-hydrogen) atoms. The summed E-state index contributed by atoms with van der Waals surface area (Å²) in [5.41, 5.74) is 12.5. The Bertz CT molecular complexity index is 1330. The highest BCUT2D eigenvalue weighted by Gasteiger charge is 2.61. The molecule has 0 unspecified atom stereocenters. The van der Waals surface area contributed by atoms with Gasteiger partial charge in [-0.25, -0.2) is 0 Å². The molecule has 3 aromatic carbocycles. The summed E-state index contributed by atoms with van der Waals surface area (Å²) in [6.07, 6.45) is 0.891. The Morgan fingerprint density at radius 2 is 1.45 bits per heavy atom. The highest BCUT2D eigenvalue weighted by molar-refractivity contribution is 5.97. The second-order valence-electron chi connectivity index (χ2n) is 10.1. The highest BCUT2D eigenvalue weighted by atomic mass is 16.5. The van der Waals surface area contributed by atoms with Crippen molar-refractivity contribution in [3.63, 3.8) is 0 Å². The van der Waals surface area contributed by atoms with Gasteiger partial charge in [0, 0.05) is 19.3 Å². The lowest BCUT2D eigenvalue weighted by atomic mass is 10.0. The molecule has 3 aromatic rings. The van der Waals surface area contributed by atoms with Gasteiger partial charge in [-0.05, 0) is 47.6 Å². The van der Waals surface area contributed by atoms with E-state index in [4.69, 9.17) is 16.2 Å². The second-order valence-corrected chi connectivity index (χ2v) is 10.1. The van der Waals surface area contributed by atoms with Crippen molar-refractivity contribution in [3.8, 4) is 5.75 Å². The summed E-state index contributed by atoms with van der Waals surface area (Å²) in [4.78, 5) is 49.6. The van der Waals surface area contributed by atoms with Gasteiger partial charge in [-0.1, -0.05) is 72.8 Å². The third-order valence-electron chi connectivity index (χ3n) is 7.06. The number of ether oxygens (including phenoxy) is 1. The molecule has 4 amide bonds. The molecule has 9 heteroatoms. The number of amides is 4. The standard InChI is InChI=1S/C31H34N4O5/c32-27(36)15-16-28(37)35-31(19-24(31)17-21-7-3-1-4-8-21)30(39)34-26(29(33)38)18-22-11-13-25(14-12-22)40-20-23-9-5-2-6-10-23/h1-14,24,26H,15-20H2,(H2,32,36)(H2,33,38)(H,34,39)(H,35,37)/t24-,26-,31-/m0/s1. The van der Waals surface area contributed by atoms with Crippen LogP contribution < -0.4 is 26.8 Å². The van der Waals surface area contributed by atoms with Crippen LogP contribution in [0.3, 0.4) is 0 Å². The van der Waals surface area contributed by atoms with Crippen molar-refractivity contribution in [2.45, 2.75) is 50.3 Å². The molecule has 1 aliphatic carbocycles. The normalized spacial score (nSPS) is 18.2. The molecular formula is C31H34N4O5. The Morgan fingerprint density at radius 3 is 2.05 bits per heavy atom. The molecule has 0 aliphatic heterocycles. The zero-order valence-corrected chi connectivity index (χ0v) is 22.2. The van der Waals surface area contributed by atoms with Crippen LogP contribution in [-0.2, 0) is 38.6 Å². The average molecular weight is 543 g/mol. The SMILES string of the molecule is NC(=O)CCC(=O)N[C@@]1(C(=O)N[C@@H](Cc2ccc(OCc3ccccc3)cc2)C(N)=O)C[C@@H]1Cc1ccccc1. The molecule has 3 atom stereocenters. The number of nitrogens with two attached hydrogens (primary N) is 2. The fraction of sp³-hybridized carbons (Fsp3) is 0.290. The molecule has 0 spiro atoms. The van der Waals surface area contributed by atoms with E-state index in [1.807, 2.05) is 72.8 Å². The van der Waals surface area contributed by atoms with E-state index >= 15 is 0 Å². The van der Waals surface area contributed by atoms with Gasteiger partial charge in [-0.3, -0.25) is 19.2 Å². The molecule has 1 aliphatic rings. The van der Waals surface area contributed by atoms with Crippen LogP contribution in [0.15, 0.2) is 84.9 Å². The quantitative estimate of drug-likeness (QED) is 0.246. The van der Waals surface area contributed by atoms with Gasteiger partial charge in [0.1, 0.15) is 23.9 Å². The first-order valence-corrected chi connectivity index (χ1v) is 13.2. The minimum atomic E-state index is -1.20. The largest absolute Gasteiger partial charge is 0.489 e. The number of primary amides is 2. The van der Waals surface area contributed by atoms with Gasteiger partial charge in [0.25, 0.3) is 0 Å². The van der Waals surface area contributed by atoms with Crippen LogP contribution in [0.1, 0.15) is 36.0 Å². The minimum Gasteiger partial charge on any atom is -0.489 e. The molecule has 6 N–H and O–H groups in total. The topological polar surface area (TPSA) is 154 Å². The maximum atomic E-state index is 13.5. The van der Waals surface area contributed by atoms with E-state index in [-0.39, 0.29) is 25.2 Å². The summed E-state index contributed by atoms with van der Waals surface area (Å²) < 4.78 is 5.82. The molecule has 4 rings (SSSR count). The van der Waals surface area contributed by atoms with Crippen LogP contribution in [0.4, 0.5) is 0 Å². The van der Waals surface area contributed by atoms with Crippen LogP contribution in [0.2, 0.25) is 0 Å². The number of benzene rings is 3. The molecule has 1 fully saturated rings. The molecule has 0 bridgehead atoms. The highest BCUT2D eigenvalue weighted by Crippen LogP contribution is 2.46. The number of carbonyl (C=O) groups is 4. The fourth-order valence-corrected chi connectivity index (χ4v) is 4.72. The van der Waals surface area contributed by atoms with Gasteiger partial charge in [-0.2, -0.15) is 0 Å². The van der Waals surface area contributed by atoms with Gasteiger partial charge in [0.05, 0.1) is 0 Å². The minimum absolute atomic E-state index is 0.123. The summed E-state index contributed by atoms with van der Waals surface area (Å²) in [6, 6.07) is 25.7. The summed E-state index contributed by atoms with van der Waals surface area (Å²) >= 11 is 0. The van der Waals surface area contributed by atoms with Crippen molar-refractivity contribution in [1.29, 1.82) is 0 Å². The maximum Gasteiger partial charge on any atom is 0.246 e. The maximum absolute atomic E-state index is 13.5. The van der Waals surface area contributed by atoms with Crippen LogP contribution in [0.5, 0.6) is 5.75 Å². The van der Waals surface area contributed by atoms with E-state index in [2.05, 4.69) is 10.6 Å². The van der Waals surface area contributed by atoms with Gasteiger partial charge in [0.2, 0.25) is 23.6 Å². The van der Waals surface area contributed by atoms with Crippen molar-refractivity contribution in [2.75, 3.05) is 0 Å². The predicted octanol–water partition coefficient (Wildman–Crippen LogP) is 2.16. The number of hydrogen-bond donors (Lipinski definition) is 4. The Morgan fingerprint density at radius 1 is 0.825 bits per heavy atom. The lowest BCUT2D eigenvalue weighted by Crippen LogP contribution is -2.56. The smallest absolute Gasteiger partial charge is 0.246 e. The monoisotopic (exact) mass is 542 g/mol. The van der Waals surface area contributed by atoms with E-state index in [1.54, 1.807) is 12.1 Å². The van der Waals surface area contributed by atoms with Gasteiger partial charge < -0.3 is 26.8 Å². The molecular weight excluding hydrogens is 508 g/mol. The molecule has 1 saturated carbocycles. The van der Waals surface area contributed by atoms with E-state index in [1.165, 1.54) is 0 Å². The Kier molecular flexibility index (Phi) is 9.16. The molecule has 0 aromatic heterocycles. The second kappa shape index (κ2) is 12.9. The molecule has 0 radical (unpaired) electrons. The Hall–Kier alpha value is -4.66. The van der Waals surface area contributed by atoms with Gasteiger partial charge in [0.15, 0.2) is 0 Å². The molecule has 9 nitrogen and oxygen atoms in total. The Labute approximate surface area is 233 Å².